The number of rotatable bonds is 4. The van der Waals surface area contributed by atoms with E-state index >= 15 is 0 Å². The summed E-state index contributed by atoms with van der Waals surface area (Å²) in [6, 6.07) is 7.08. The van der Waals surface area contributed by atoms with Crippen LogP contribution in [-0.4, -0.2) is 26.0 Å². The van der Waals surface area contributed by atoms with Crippen molar-refractivity contribution >= 4 is 33.0 Å². The van der Waals surface area contributed by atoms with Gasteiger partial charge in [-0.1, -0.05) is 0 Å². The van der Waals surface area contributed by atoms with E-state index in [9.17, 15) is 4.79 Å². The average Bonchev–Trinajstić information content (AvgIpc) is 3.07. The van der Waals surface area contributed by atoms with Gasteiger partial charge in [-0.25, -0.2) is 0 Å². The molecule has 8 heteroatoms. The van der Waals surface area contributed by atoms with Gasteiger partial charge in [0.2, 0.25) is 5.82 Å². The molecule has 0 aliphatic heterocycles. The Morgan fingerprint density at radius 2 is 2.32 bits per heavy atom. The lowest BCUT2D eigenvalue weighted by Gasteiger charge is -1.95. The number of aromatic nitrogens is 4. The van der Waals surface area contributed by atoms with Gasteiger partial charge in [-0.15, -0.1) is 21.5 Å². The van der Waals surface area contributed by atoms with Crippen molar-refractivity contribution in [3.05, 3.63) is 39.2 Å². The highest BCUT2D eigenvalue weighted by molar-refractivity contribution is 9.11. The second-order valence-electron chi connectivity index (χ2n) is 3.65. The van der Waals surface area contributed by atoms with E-state index in [1.807, 2.05) is 6.07 Å². The monoisotopic (exact) mass is 338 g/mol. The van der Waals surface area contributed by atoms with Crippen LogP contribution in [0.5, 0.6) is 0 Å². The molecule has 96 valence electrons. The van der Waals surface area contributed by atoms with Crippen molar-refractivity contribution in [3.63, 3.8) is 0 Å². The molecular weight excluding hydrogens is 332 g/mol. The Kier molecular flexibility index (Phi) is 3.26. The maximum absolute atomic E-state index is 12.0. The highest BCUT2D eigenvalue weighted by Gasteiger charge is 2.13. The van der Waals surface area contributed by atoms with Crippen molar-refractivity contribution in [2.24, 2.45) is 0 Å². The first-order valence-corrected chi connectivity index (χ1v) is 6.93. The van der Waals surface area contributed by atoms with Crippen molar-refractivity contribution in [1.82, 2.24) is 20.2 Å². The third-order valence-corrected chi connectivity index (χ3v) is 3.99. The normalized spacial score (nSPS) is 10.8. The molecule has 0 atom stereocenters. The van der Waals surface area contributed by atoms with Crippen molar-refractivity contribution in [3.8, 4) is 11.6 Å². The molecule has 6 nitrogen and oxygen atoms in total. The number of halogens is 1. The Hall–Kier alpha value is -1.80. The Balaban J connectivity index is 1.76. The number of tetrazole rings is 1. The summed E-state index contributed by atoms with van der Waals surface area (Å²) >= 11 is 4.70. The fourth-order valence-corrected chi connectivity index (χ4v) is 2.80. The van der Waals surface area contributed by atoms with E-state index < -0.39 is 0 Å². The quantitative estimate of drug-likeness (QED) is 0.683. The summed E-state index contributed by atoms with van der Waals surface area (Å²) in [5.41, 5.74) is 0. The number of furan rings is 1. The van der Waals surface area contributed by atoms with Gasteiger partial charge in [0.15, 0.2) is 11.5 Å². The standard InChI is InChI=1S/C11H7BrN4O2S/c12-10-4-3-9(19-10)7(17)6-16-14-11(13-15-16)8-2-1-5-18-8/h1-5H,6H2. The lowest BCUT2D eigenvalue weighted by atomic mass is 10.3. The molecule has 0 fully saturated rings. The summed E-state index contributed by atoms with van der Waals surface area (Å²) in [5, 5.41) is 11.8. The maximum atomic E-state index is 12.0. The Morgan fingerprint density at radius 3 is 3.00 bits per heavy atom. The summed E-state index contributed by atoms with van der Waals surface area (Å²) in [5.74, 6) is 0.835. The molecule has 3 rings (SSSR count). The van der Waals surface area contributed by atoms with Gasteiger partial charge >= 0.3 is 0 Å². The van der Waals surface area contributed by atoms with Gasteiger partial charge in [0.05, 0.1) is 14.9 Å². The topological polar surface area (TPSA) is 73.8 Å². The number of carbonyl (C=O) groups excluding carboxylic acids is 1. The number of Topliss-reactive ketones (excluding diaryl/α,β-unsaturated/α-hetero) is 1. The molecule has 19 heavy (non-hydrogen) atoms. The van der Waals surface area contributed by atoms with Crippen LogP contribution >= 0.6 is 27.3 Å². The van der Waals surface area contributed by atoms with E-state index in [0.717, 1.165) is 3.79 Å². The molecule has 0 aliphatic carbocycles. The number of ketones is 1. The predicted octanol–water partition coefficient (Wildman–Crippen LogP) is 2.64. The summed E-state index contributed by atoms with van der Waals surface area (Å²) in [6.45, 7) is 0.0562. The third kappa shape index (κ3) is 2.64. The molecule has 0 saturated carbocycles. The Morgan fingerprint density at radius 1 is 1.42 bits per heavy atom. The van der Waals surface area contributed by atoms with Gasteiger partial charge in [-0.05, 0) is 45.4 Å². The lowest BCUT2D eigenvalue weighted by Crippen LogP contribution is -2.12. The average molecular weight is 339 g/mol. The van der Waals surface area contributed by atoms with Crippen LogP contribution in [0.25, 0.3) is 11.6 Å². The van der Waals surface area contributed by atoms with E-state index in [0.29, 0.717) is 16.5 Å². The smallest absolute Gasteiger partial charge is 0.240 e. The molecule has 0 spiro atoms. The molecule has 3 aromatic rings. The minimum Gasteiger partial charge on any atom is -0.461 e. The zero-order valence-electron chi connectivity index (χ0n) is 9.49. The molecule has 0 radical (unpaired) electrons. The van der Waals surface area contributed by atoms with Gasteiger partial charge in [-0.2, -0.15) is 4.80 Å². The fourth-order valence-electron chi connectivity index (χ4n) is 1.49. The minimum absolute atomic E-state index is 0.0562. The van der Waals surface area contributed by atoms with Crippen molar-refractivity contribution in [1.29, 1.82) is 0 Å². The molecular formula is C11H7BrN4O2S. The lowest BCUT2D eigenvalue weighted by molar-refractivity contribution is 0.0965. The number of hydrogen-bond donors (Lipinski definition) is 0. The van der Waals surface area contributed by atoms with Crippen LogP contribution < -0.4 is 0 Å². The molecule has 0 aromatic carbocycles. The largest absolute Gasteiger partial charge is 0.461 e. The van der Waals surface area contributed by atoms with E-state index in [1.165, 1.54) is 22.4 Å². The third-order valence-electron chi connectivity index (χ3n) is 2.33. The van der Waals surface area contributed by atoms with Gasteiger partial charge in [-0.3, -0.25) is 4.79 Å². The van der Waals surface area contributed by atoms with Crippen molar-refractivity contribution in [2.75, 3.05) is 0 Å². The molecule has 0 saturated heterocycles. The van der Waals surface area contributed by atoms with E-state index in [2.05, 4.69) is 31.3 Å². The predicted molar refractivity (Wildman–Crippen MR) is 71.9 cm³/mol. The second-order valence-corrected chi connectivity index (χ2v) is 6.11. The summed E-state index contributed by atoms with van der Waals surface area (Å²) < 4.78 is 6.07. The van der Waals surface area contributed by atoms with Crippen LogP contribution in [0.15, 0.2) is 38.7 Å². The molecule has 0 amide bonds. The van der Waals surface area contributed by atoms with Gasteiger partial charge in [0, 0.05) is 0 Å². The molecule has 0 N–H and O–H groups in total. The van der Waals surface area contributed by atoms with Crippen LogP contribution in [0.2, 0.25) is 0 Å². The summed E-state index contributed by atoms with van der Waals surface area (Å²) in [7, 11) is 0. The second kappa shape index (κ2) is 5.06. The van der Waals surface area contributed by atoms with Crippen molar-refractivity contribution < 1.29 is 9.21 Å². The number of thiophene rings is 1. The van der Waals surface area contributed by atoms with E-state index in [1.54, 1.807) is 18.2 Å². The molecule has 3 heterocycles. The Bertz CT molecular complexity index is 704. The summed E-state index contributed by atoms with van der Waals surface area (Å²) in [6.07, 6.45) is 1.53. The molecule has 0 aliphatic rings. The molecule has 0 bridgehead atoms. The first-order valence-electron chi connectivity index (χ1n) is 5.32. The van der Waals surface area contributed by atoms with E-state index in [4.69, 9.17) is 4.42 Å². The van der Waals surface area contributed by atoms with E-state index in [-0.39, 0.29) is 12.3 Å². The number of nitrogens with zero attached hydrogens (tertiary/aromatic N) is 4. The minimum atomic E-state index is -0.0564. The zero-order valence-corrected chi connectivity index (χ0v) is 11.9. The van der Waals surface area contributed by atoms with Gasteiger partial charge < -0.3 is 4.42 Å². The summed E-state index contributed by atoms with van der Waals surface area (Å²) in [4.78, 5) is 13.9. The molecule has 0 unspecified atom stereocenters. The maximum Gasteiger partial charge on any atom is 0.240 e. The fraction of sp³-hybridized carbons (Fsp3) is 0.0909. The molecule has 3 aromatic heterocycles. The van der Waals surface area contributed by atoms with Crippen LogP contribution in [-0.2, 0) is 6.54 Å². The first-order chi connectivity index (χ1) is 9.22. The first kappa shape index (κ1) is 12.2. The highest BCUT2D eigenvalue weighted by atomic mass is 79.9. The van der Waals surface area contributed by atoms with Crippen LogP contribution in [0.4, 0.5) is 0 Å². The number of carbonyl (C=O) groups is 1. The number of hydrogen-bond acceptors (Lipinski definition) is 6. The van der Waals surface area contributed by atoms with Crippen LogP contribution in [0, 0.1) is 0 Å². The van der Waals surface area contributed by atoms with Crippen LogP contribution in [0.1, 0.15) is 9.67 Å². The zero-order chi connectivity index (χ0) is 13.2. The SMILES string of the molecule is O=C(Cn1nnc(-c2ccco2)n1)c1ccc(Br)s1. The van der Waals surface area contributed by atoms with Gasteiger partial charge in [0.25, 0.3) is 0 Å². The highest BCUT2D eigenvalue weighted by Crippen LogP contribution is 2.22. The van der Waals surface area contributed by atoms with Crippen LogP contribution in [0.3, 0.4) is 0 Å². The van der Waals surface area contributed by atoms with Gasteiger partial charge in [0.1, 0.15) is 6.54 Å². The van der Waals surface area contributed by atoms with Crippen molar-refractivity contribution in [2.45, 2.75) is 6.54 Å². The Labute approximate surface area is 120 Å².